The monoisotopic (exact) mass is 405 g/mol. The smallest absolute Gasteiger partial charge is 0.220 e. The molecule has 0 amide bonds. The number of fused-ring (bicyclic) bond motifs is 1. The van der Waals surface area contributed by atoms with Crippen molar-refractivity contribution in [3.05, 3.63) is 40.0 Å². The summed E-state index contributed by atoms with van der Waals surface area (Å²) in [5, 5.41) is 24.3. The Kier molecular flexibility index (Phi) is 3.73. The molecule has 4 aliphatic carbocycles. The van der Waals surface area contributed by atoms with Crippen LogP contribution in [0.3, 0.4) is 0 Å². The average Bonchev–Trinajstić information content (AvgIpc) is 3.27. The van der Waals surface area contributed by atoms with Gasteiger partial charge in [-0.1, -0.05) is 6.07 Å². The number of ether oxygens (including phenoxy) is 1. The van der Waals surface area contributed by atoms with Crippen LogP contribution in [0.2, 0.25) is 0 Å². The highest BCUT2D eigenvalue weighted by Crippen LogP contribution is 2.59. The van der Waals surface area contributed by atoms with Crippen LogP contribution in [0.15, 0.2) is 28.4 Å². The summed E-state index contributed by atoms with van der Waals surface area (Å²) in [5.74, 6) is 2.33. The van der Waals surface area contributed by atoms with E-state index in [1.807, 2.05) is 38.4 Å². The molecule has 2 unspecified atom stereocenters. The molecule has 2 heterocycles. The van der Waals surface area contributed by atoms with Gasteiger partial charge in [0.2, 0.25) is 11.8 Å². The second kappa shape index (κ2) is 6.17. The number of benzene rings is 1. The zero-order valence-corrected chi connectivity index (χ0v) is 17.4. The molecule has 4 saturated carbocycles. The van der Waals surface area contributed by atoms with E-state index in [-0.39, 0.29) is 17.0 Å². The number of methoxy groups -OCH3 is 1. The number of anilines is 1. The molecule has 4 bridgehead atoms. The normalized spacial score (nSPS) is 33.7. The third kappa shape index (κ3) is 2.71. The van der Waals surface area contributed by atoms with Crippen LogP contribution >= 0.6 is 0 Å². The van der Waals surface area contributed by atoms with E-state index in [0.717, 1.165) is 53.2 Å². The van der Waals surface area contributed by atoms with Gasteiger partial charge in [0, 0.05) is 25.3 Å². The molecule has 0 spiro atoms. The molecule has 4 fully saturated rings. The van der Waals surface area contributed by atoms with Crippen molar-refractivity contribution < 1.29 is 9.84 Å². The summed E-state index contributed by atoms with van der Waals surface area (Å²) >= 11 is 0. The third-order valence-electron chi connectivity index (χ3n) is 7.63. The Balaban J connectivity index is 1.34. The standard InChI is InChI=1S/C23H27N5O2/c1-28-20(29)19(7-14-3-4-18-17(6-14)12-24-27-18)25-21(28)26-22-8-15-5-16(9-22)11-23(10-15,13-22)30-2/h3-4,6-7,12,15-16,29H,5,8-11,13H2,1-2H3,(H,25,26)/b14-7+. The first kappa shape index (κ1) is 18.1. The summed E-state index contributed by atoms with van der Waals surface area (Å²) in [6.45, 7) is 0. The number of rotatable bonds is 4. The van der Waals surface area contributed by atoms with Crippen LogP contribution in [-0.2, 0) is 11.8 Å². The maximum atomic E-state index is 10.7. The van der Waals surface area contributed by atoms with E-state index in [2.05, 4.69) is 15.5 Å². The SMILES string of the molecule is COC12CC3CC(CC(Nc4nc(/C=c5\ccc6c(c5)C=NN=6)c(O)n4C)(C3)C1)C2. The zero-order chi connectivity index (χ0) is 20.5. The third-order valence-corrected chi connectivity index (χ3v) is 7.63. The van der Waals surface area contributed by atoms with Crippen molar-refractivity contribution in [2.75, 3.05) is 12.4 Å². The lowest BCUT2D eigenvalue weighted by Crippen LogP contribution is -2.62. The highest BCUT2D eigenvalue weighted by Gasteiger charge is 2.58. The van der Waals surface area contributed by atoms with Crippen molar-refractivity contribution in [3.63, 3.8) is 0 Å². The molecule has 7 nitrogen and oxygen atoms in total. The number of aromatic nitrogens is 2. The van der Waals surface area contributed by atoms with Crippen LogP contribution in [-0.4, -0.2) is 39.1 Å². The van der Waals surface area contributed by atoms with E-state index < -0.39 is 0 Å². The van der Waals surface area contributed by atoms with Crippen LogP contribution in [0.4, 0.5) is 5.95 Å². The van der Waals surface area contributed by atoms with Crippen LogP contribution in [0, 0.1) is 11.8 Å². The zero-order valence-electron chi connectivity index (χ0n) is 17.4. The molecule has 2 aromatic rings. The van der Waals surface area contributed by atoms with Crippen molar-refractivity contribution >= 4 is 18.2 Å². The second-order valence-electron chi connectivity index (χ2n) is 9.76. The minimum atomic E-state index is 0.00839. The molecule has 2 atom stereocenters. The fourth-order valence-electron chi connectivity index (χ4n) is 6.69. The Morgan fingerprint density at radius 1 is 1.23 bits per heavy atom. The first-order chi connectivity index (χ1) is 14.5. The first-order valence-corrected chi connectivity index (χ1v) is 10.8. The van der Waals surface area contributed by atoms with Crippen molar-refractivity contribution in [3.8, 4) is 5.88 Å². The van der Waals surface area contributed by atoms with Crippen molar-refractivity contribution in [2.24, 2.45) is 29.1 Å². The van der Waals surface area contributed by atoms with Gasteiger partial charge in [0.1, 0.15) is 5.69 Å². The highest BCUT2D eigenvalue weighted by atomic mass is 16.5. The van der Waals surface area contributed by atoms with Gasteiger partial charge in [-0.2, -0.15) is 10.2 Å². The number of nitrogens with one attached hydrogen (secondary N) is 1. The number of hydrogen-bond donors (Lipinski definition) is 2. The van der Waals surface area contributed by atoms with Crippen molar-refractivity contribution in [1.82, 2.24) is 9.55 Å². The van der Waals surface area contributed by atoms with Crippen LogP contribution in [0.25, 0.3) is 6.08 Å². The molecule has 7 rings (SSSR count). The lowest BCUT2D eigenvalue weighted by atomic mass is 9.51. The second-order valence-corrected chi connectivity index (χ2v) is 9.76. The summed E-state index contributed by atoms with van der Waals surface area (Å²) < 4.78 is 7.80. The van der Waals surface area contributed by atoms with E-state index in [0.29, 0.717) is 5.69 Å². The van der Waals surface area contributed by atoms with E-state index in [1.54, 1.807) is 10.8 Å². The molecule has 5 aliphatic rings. The van der Waals surface area contributed by atoms with Gasteiger partial charge in [-0.05, 0) is 73.8 Å². The highest BCUT2D eigenvalue weighted by molar-refractivity contribution is 5.80. The quantitative estimate of drug-likeness (QED) is 0.816. The summed E-state index contributed by atoms with van der Waals surface area (Å²) in [4.78, 5) is 4.77. The van der Waals surface area contributed by atoms with Gasteiger partial charge >= 0.3 is 0 Å². The minimum absolute atomic E-state index is 0.00839. The largest absolute Gasteiger partial charge is 0.493 e. The summed E-state index contributed by atoms with van der Waals surface area (Å²) in [5.41, 5.74) is 1.57. The summed E-state index contributed by atoms with van der Waals surface area (Å²) in [6, 6.07) is 5.92. The molecular weight excluding hydrogens is 378 g/mol. The molecule has 2 N–H and O–H groups in total. The van der Waals surface area contributed by atoms with E-state index in [9.17, 15) is 5.11 Å². The van der Waals surface area contributed by atoms with Crippen LogP contribution in [0.5, 0.6) is 5.88 Å². The molecule has 156 valence electrons. The van der Waals surface area contributed by atoms with E-state index in [4.69, 9.17) is 9.72 Å². The predicted octanol–water partition coefficient (Wildman–Crippen LogP) is 2.07. The predicted molar refractivity (Wildman–Crippen MR) is 114 cm³/mol. The van der Waals surface area contributed by atoms with Gasteiger partial charge in [0.25, 0.3) is 0 Å². The Morgan fingerprint density at radius 3 is 2.80 bits per heavy atom. The molecule has 1 aromatic carbocycles. The molecule has 7 heteroatoms. The number of imidazole rings is 1. The summed E-state index contributed by atoms with van der Waals surface area (Å²) in [7, 11) is 3.73. The maximum Gasteiger partial charge on any atom is 0.220 e. The van der Waals surface area contributed by atoms with Gasteiger partial charge < -0.3 is 15.2 Å². The molecule has 0 radical (unpaired) electrons. The number of nitrogens with zero attached hydrogens (tertiary/aromatic N) is 4. The fraction of sp³-hybridized carbons (Fsp3) is 0.522. The van der Waals surface area contributed by atoms with Crippen molar-refractivity contribution in [2.45, 2.75) is 49.7 Å². The lowest BCUT2D eigenvalue weighted by molar-refractivity contribution is -0.148. The van der Waals surface area contributed by atoms with Gasteiger partial charge in [-0.25, -0.2) is 4.98 Å². The van der Waals surface area contributed by atoms with Crippen molar-refractivity contribution in [1.29, 1.82) is 0 Å². The summed E-state index contributed by atoms with van der Waals surface area (Å²) in [6.07, 6.45) is 10.7. The van der Waals surface area contributed by atoms with Gasteiger partial charge in [0.05, 0.1) is 17.2 Å². The minimum Gasteiger partial charge on any atom is -0.493 e. The van der Waals surface area contributed by atoms with Crippen LogP contribution in [0.1, 0.15) is 49.8 Å². The first-order valence-electron chi connectivity index (χ1n) is 10.8. The van der Waals surface area contributed by atoms with Crippen LogP contribution < -0.4 is 15.9 Å². The number of aromatic hydroxyl groups is 1. The molecule has 30 heavy (non-hydrogen) atoms. The van der Waals surface area contributed by atoms with E-state index in [1.165, 1.54) is 19.3 Å². The van der Waals surface area contributed by atoms with Gasteiger partial charge in [0.15, 0.2) is 0 Å². The van der Waals surface area contributed by atoms with Gasteiger partial charge in [-0.3, -0.25) is 4.57 Å². The Bertz CT molecular complexity index is 1170. The molecule has 1 aromatic heterocycles. The fourth-order valence-corrected chi connectivity index (χ4v) is 6.69. The average molecular weight is 406 g/mol. The lowest BCUT2D eigenvalue weighted by Gasteiger charge is -2.61. The molecule has 0 saturated heterocycles. The maximum absolute atomic E-state index is 10.7. The Morgan fingerprint density at radius 2 is 2.03 bits per heavy atom. The van der Waals surface area contributed by atoms with E-state index >= 15 is 0 Å². The Hall–Kier alpha value is -2.67. The molecular formula is C23H27N5O2. The van der Waals surface area contributed by atoms with Gasteiger partial charge in [-0.15, -0.1) is 0 Å². The molecule has 1 aliphatic heterocycles. The Labute approximate surface area is 175 Å². The number of hydrogen-bond acceptors (Lipinski definition) is 6. The topological polar surface area (TPSA) is 84.0 Å².